The van der Waals surface area contributed by atoms with Crippen molar-refractivity contribution in [3.05, 3.63) is 59.7 Å². The van der Waals surface area contributed by atoms with Crippen LogP contribution < -0.4 is 9.46 Å². The maximum Gasteiger partial charge on any atom is 0.253 e. The van der Waals surface area contributed by atoms with E-state index in [1.807, 2.05) is 4.90 Å². The van der Waals surface area contributed by atoms with Crippen molar-refractivity contribution in [1.82, 2.24) is 9.62 Å². The van der Waals surface area contributed by atoms with Crippen molar-refractivity contribution in [1.29, 1.82) is 0 Å². The maximum absolute atomic E-state index is 12.6. The molecule has 0 bridgehead atoms. The number of nitrogens with one attached hydrogen (secondary N) is 1. The Morgan fingerprint density at radius 1 is 1.07 bits per heavy atom. The fraction of sp³-hybridized carbons (Fsp3) is 0.381. The minimum Gasteiger partial charge on any atom is -0.491 e. The van der Waals surface area contributed by atoms with Gasteiger partial charge >= 0.3 is 0 Å². The molecule has 0 aliphatic carbocycles. The van der Waals surface area contributed by atoms with Gasteiger partial charge in [-0.25, -0.2) is 13.1 Å². The molecule has 1 fully saturated rings. The van der Waals surface area contributed by atoms with Crippen molar-refractivity contribution in [3.63, 3.8) is 0 Å². The van der Waals surface area contributed by atoms with Crippen molar-refractivity contribution in [2.75, 3.05) is 33.4 Å². The molecule has 0 aromatic heterocycles. The monoisotopic (exact) mass is 418 g/mol. The summed E-state index contributed by atoms with van der Waals surface area (Å²) in [5.74, 6) is 0.574. The van der Waals surface area contributed by atoms with Gasteiger partial charge in [0.1, 0.15) is 12.4 Å². The third kappa shape index (κ3) is 5.79. The van der Waals surface area contributed by atoms with E-state index in [2.05, 4.69) is 4.72 Å². The SMILES string of the molecule is COCCOc1ccc(S(=O)(=O)NCc2cccc(C(=O)N3CCCC3)c2)cc1. The summed E-state index contributed by atoms with van der Waals surface area (Å²) in [6.07, 6.45) is 2.06. The van der Waals surface area contributed by atoms with E-state index in [4.69, 9.17) is 9.47 Å². The van der Waals surface area contributed by atoms with Gasteiger partial charge in [0, 0.05) is 32.3 Å². The van der Waals surface area contributed by atoms with Gasteiger partial charge in [-0.3, -0.25) is 4.79 Å². The van der Waals surface area contributed by atoms with Crippen LogP contribution in [0.2, 0.25) is 0 Å². The summed E-state index contributed by atoms with van der Waals surface area (Å²) in [6, 6.07) is 13.3. The van der Waals surface area contributed by atoms with Crippen LogP contribution in [0.4, 0.5) is 0 Å². The van der Waals surface area contributed by atoms with Gasteiger partial charge in [0.05, 0.1) is 11.5 Å². The highest BCUT2D eigenvalue weighted by molar-refractivity contribution is 7.89. The topological polar surface area (TPSA) is 84.9 Å². The largest absolute Gasteiger partial charge is 0.491 e. The van der Waals surface area contributed by atoms with Crippen molar-refractivity contribution >= 4 is 15.9 Å². The highest BCUT2D eigenvalue weighted by Gasteiger charge is 2.20. The normalized spacial score (nSPS) is 14.2. The molecule has 1 heterocycles. The summed E-state index contributed by atoms with van der Waals surface area (Å²) in [5, 5.41) is 0. The van der Waals surface area contributed by atoms with Crippen LogP contribution in [-0.4, -0.2) is 52.6 Å². The molecular formula is C21H26N2O5S. The Labute approximate surface area is 171 Å². The van der Waals surface area contributed by atoms with E-state index in [9.17, 15) is 13.2 Å². The summed E-state index contributed by atoms with van der Waals surface area (Å²) in [6.45, 7) is 2.52. The number of benzene rings is 2. The van der Waals surface area contributed by atoms with E-state index >= 15 is 0 Å². The first-order chi connectivity index (χ1) is 14.0. The Hall–Kier alpha value is -2.42. The van der Waals surface area contributed by atoms with E-state index in [1.54, 1.807) is 43.5 Å². The van der Waals surface area contributed by atoms with E-state index in [-0.39, 0.29) is 17.3 Å². The van der Waals surface area contributed by atoms with Crippen LogP contribution in [0.25, 0.3) is 0 Å². The fourth-order valence-corrected chi connectivity index (χ4v) is 4.15. The highest BCUT2D eigenvalue weighted by atomic mass is 32.2. The maximum atomic E-state index is 12.6. The summed E-state index contributed by atoms with van der Waals surface area (Å²) >= 11 is 0. The van der Waals surface area contributed by atoms with Crippen LogP contribution in [0.15, 0.2) is 53.4 Å². The highest BCUT2D eigenvalue weighted by Crippen LogP contribution is 2.17. The number of sulfonamides is 1. The van der Waals surface area contributed by atoms with Gasteiger partial charge < -0.3 is 14.4 Å². The number of ether oxygens (including phenoxy) is 2. The molecule has 7 nitrogen and oxygen atoms in total. The van der Waals surface area contributed by atoms with Gasteiger partial charge in [-0.2, -0.15) is 0 Å². The van der Waals surface area contributed by atoms with E-state index < -0.39 is 10.0 Å². The van der Waals surface area contributed by atoms with E-state index in [0.29, 0.717) is 24.5 Å². The quantitative estimate of drug-likeness (QED) is 0.632. The van der Waals surface area contributed by atoms with E-state index in [1.165, 1.54) is 12.1 Å². The van der Waals surface area contributed by atoms with Crippen molar-refractivity contribution in [2.45, 2.75) is 24.3 Å². The van der Waals surface area contributed by atoms with Crippen LogP contribution in [0, 0.1) is 0 Å². The number of methoxy groups -OCH3 is 1. The zero-order valence-corrected chi connectivity index (χ0v) is 17.3. The fourth-order valence-electron chi connectivity index (χ4n) is 3.14. The van der Waals surface area contributed by atoms with Gasteiger partial charge in [-0.05, 0) is 54.8 Å². The molecule has 29 heavy (non-hydrogen) atoms. The molecule has 156 valence electrons. The summed E-state index contributed by atoms with van der Waals surface area (Å²) in [7, 11) is -2.09. The summed E-state index contributed by atoms with van der Waals surface area (Å²) < 4.78 is 38.1. The summed E-state index contributed by atoms with van der Waals surface area (Å²) in [5.41, 5.74) is 1.32. The van der Waals surface area contributed by atoms with Crippen LogP contribution in [0.1, 0.15) is 28.8 Å². The Morgan fingerprint density at radius 2 is 1.79 bits per heavy atom. The third-order valence-corrected chi connectivity index (χ3v) is 6.14. The molecular weight excluding hydrogens is 392 g/mol. The van der Waals surface area contributed by atoms with Gasteiger partial charge in [0.2, 0.25) is 10.0 Å². The first-order valence-corrected chi connectivity index (χ1v) is 11.1. The van der Waals surface area contributed by atoms with Crippen molar-refractivity contribution in [2.24, 2.45) is 0 Å². The smallest absolute Gasteiger partial charge is 0.253 e. The Kier molecular flexibility index (Phi) is 7.24. The minimum atomic E-state index is -3.67. The Balaban J connectivity index is 1.61. The van der Waals surface area contributed by atoms with E-state index in [0.717, 1.165) is 31.5 Å². The second-order valence-corrected chi connectivity index (χ2v) is 8.60. The Bertz CT molecular complexity index is 922. The van der Waals surface area contributed by atoms with Crippen molar-refractivity contribution < 1.29 is 22.7 Å². The second kappa shape index (κ2) is 9.87. The van der Waals surface area contributed by atoms with Crippen LogP contribution in [0.5, 0.6) is 5.75 Å². The zero-order valence-electron chi connectivity index (χ0n) is 16.5. The number of amides is 1. The molecule has 0 atom stereocenters. The van der Waals surface area contributed by atoms with Crippen molar-refractivity contribution in [3.8, 4) is 5.75 Å². The molecule has 1 aliphatic heterocycles. The molecule has 3 rings (SSSR count). The van der Waals surface area contributed by atoms with Crippen LogP contribution in [-0.2, 0) is 21.3 Å². The first kappa shape index (κ1) is 21.3. The molecule has 0 spiro atoms. The molecule has 1 saturated heterocycles. The molecule has 1 amide bonds. The molecule has 2 aromatic rings. The average Bonchev–Trinajstić information content (AvgIpc) is 3.27. The minimum absolute atomic E-state index is 0.00345. The Morgan fingerprint density at radius 3 is 2.48 bits per heavy atom. The number of carbonyl (C=O) groups is 1. The molecule has 2 aromatic carbocycles. The molecule has 1 N–H and O–H groups in total. The predicted molar refractivity (Wildman–Crippen MR) is 109 cm³/mol. The van der Waals surface area contributed by atoms with Gasteiger partial charge in [0.15, 0.2) is 0 Å². The zero-order chi connectivity index (χ0) is 20.7. The molecule has 0 unspecified atom stereocenters. The number of hydrogen-bond acceptors (Lipinski definition) is 5. The third-order valence-electron chi connectivity index (χ3n) is 4.72. The van der Waals surface area contributed by atoms with Gasteiger partial charge in [-0.15, -0.1) is 0 Å². The molecule has 0 saturated carbocycles. The second-order valence-electron chi connectivity index (χ2n) is 6.84. The number of hydrogen-bond donors (Lipinski definition) is 1. The average molecular weight is 419 g/mol. The summed E-state index contributed by atoms with van der Waals surface area (Å²) in [4.78, 5) is 14.5. The number of rotatable bonds is 9. The number of nitrogens with zero attached hydrogens (tertiary/aromatic N) is 1. The number of carbonyl (C=O) groups excluding carboxylic acids is 1. The lowest BCUT2D eigenvalue weighted by atomic mass is 10.1. The molecule has 8 heteroatoms. The first-order valence-electron chi connectivity index (χ1n) is 9.59. The standard InChI is InChI=1S/C21H26N2O5S/c1-27-13-14-28-19-7-9-20(10-8-19)29(25,26)22-16-17-5-4-6-18(15-17)21(24)23-11-2-3-12-23/h4-10,15,22H,2-3,11-14,16H2,1H3. The molecule has 0 radical (unpaired) electrons. The molecule has 1 aliphatic rings. The lowest BCUT2D eigenvalue weighted by Crippen LogP contribution is -2.28. The van der Waals surface area contributed by atoms with Gasteiger partial charge in [-0.1, -0.05) is 12.1 Å². The van der Waals surface area contributed by atoms with Crippen LogP contribution >= 0.6 is 0 Å². The van der Waals surface area contributed by atoms with Crippen LogP contribution in [0.3, 0.4) is 0 Å². The lowest BCUT2D eigenvalue weighted by Gasteiger charge is -2.15. The predicted octanol–water partition coefficient (Wildman–Crippen LogP) is 2.43. The van der Waals surface area contributed by atoms with Gasteiger partial charge in [0.25, 0.3) is 5.91 Å². The lowest BCUT2D eigenvalue weighted by molar-refractivity contribution is 0.0792. The number of likely N-dealkylation sites (tertiary alicyclic amines) is 1.